The first-order valence-corrected chi connectivity index (χ1v) is 15.6. The molecule has 14 heteroatoms. The summed E-state index contributed by atoms with van der Waals surface area (Å²) in [5, 5.41) is 0. The van der Waals surface area contributed by atoms with Crippen LogP contribution in [0.15, 0.2) is 30.3 Å². The first-order valence-electron chi connectivity index (χ1n) is 13.0. The normalized spacial score (nSPS) is 15.4. The van der Waals surface area contributed by atoms with Crippen LogP contribution >= 0.6 is 30.9 Å². The van der Waals surface area contributed by atoms with Gasteiger partial charge in [0.05, 0.1) is 42.2 Å². The van der Waals surface area contributed by atoms with E-state index in [0.717, 1.165) is 5.56 Å². The molecule has 1 unspecified atom stereocenters. The number of ether oxygens (including phenoxy) is 5. The van der Waals surface area contributed by atoms with Gasteiger partial charge in [0.1, 0.15) is 0 Å². The number of piperazine rings is 1. The van der Waals surface area contributed by atoms with Crippen LogP contribution in [0.25, 0.3) is 0 Å². The highest BCUT2D eigenvalue weighted by atomic mass is 35.5. The molecule has 1 atom stereocenters. The second-order valence-electron chi connectivity index (χ2n) is 8.94. The fraction of sp³-hybridized carbons (Fsp3) is 0.519. The van der Waals surface area contributed by atoms with E-state index in [4.69, 9.17) is 51.4 Å². The lowest BCUT2D eigenvalue weighted by molar-refractivity contribution is 0.0672. The third-order valence-corrected chi connectivity index (χ3v) is 9.74. The third kappa shape index (κ3) is 7.71. The highest BCUT2D eigenvalue weighted by Crippen LogP contribution is 2.55. The highest BCUT2D eigenvalue weighted by Gasteiger charge is 2.41. The quantitative estimate of drug-likeness (QED) is 0.204. The summed E-state index contributed by atoms with van der Waals surface area (Å²) in [6, 6.07) is 8.62. The van der Waals surface area contributed by atoms with Crippen LogP contribution in [0, 0.1) is 0 Å². The van der Waals surface area contributed by atoms with Crippen molar-refractivity contribution in [1.29, 1.82) is 0 Å². The minimum atomic E-state index is -3.58. The number of halogens is 2. The van der Waals surface area contributed by atoms with Gasteiger partial charge >= 0.3 is 7.67 Å². The maximum absolute atomic E-state index is 14.6. The summed E-state index contributed by atoms with van der Waals surface area (Å²) < 4.78 is 51.2. The number of nitrogens with zero attached hydrogens (tertiary/aromatic N) is 3. The Bertz CT molecular complexity index is 1180. The Kier molecular flexibility index (Phi) is 12.7. The van der Waals surface area contributed by atoms with Gasteiger partial charge in [0.25, 0.3) is 5.91 Å². The van der Waals surface area contributed by atoms with Crippen molar-refractivity contribution < 1.29 is 37.6 Å². The van der Waals surface area contributed by atoms with E-state index in [1.165, 1.54) is 21.3 Å². The molecule has 0 spiro atoms. The zero-order valence-electron chi connectivity index (χ0n) is 24.1. The molecule has 0 aromatic heterocycles. The number of carbonyl (C=O) groups is 1. The predicted molar refractivity (Wildman–Crippen MR) is 159 cm³/mol. The number of alkyl halides is 2. The van der Waals surface area contributed by atoms with Crippen molar-refractivity contribution in [3.63, 3.8) is 0 Å². The van der Waals surface area contributed by atoms with E-state index in [-0.39, 0.29) is 24.3 Å². The van der Waals surface area contributed by atoms with Gasteiger partial charge in [-0.15, -0.1) is 23.2 Å². The molecule has 1 amide bonds. The van der Waals surface area contributed by atoms with Crippen LogP contribution in [0.3, 0.4) is 0 Å². The van der Waals surface area contributed by atoms with Crippen molar-refractivity contribution in [2.75, 3.05) is 86.6 Å². The lowest BCUT2D eigenvalue weighted by Gasteiger charge is -2.42. The minimum absolute atomic E-state index is 0.0588. The van der Waals surface area contributed by atoms with Crippen LogP contribution in [0.5, 0.6) is 28.7 Å². The highest BCUT2D eigenvalue weighted by molar-refractivity contribution is 7.53. The molecule has 0 bridgehead atoms. The molecule has 2 aromatic carbocycles. The zero-order chi connectivity index (χ0) is 30.0. The number of amides is 1. The fourth-order valence-corrected chi connectivity index (χ4v) is 7.61. The van der Waals surface area contributed by atoms with Gasteiger partial charge in [-0.05, 0) is 29.8 Å². The minimum Gasteiger partial charge on any atom is -0.493 e. The average Bonchev–Trinajstić information content (AvgIpc) is 3.02. The molecule has 1 aliphatic heterocycles. The molecule has 1 heterocycles. The van der Waals surface area contributed by atoms with Gasteiger partial charge in [0.2, 0.25) is 5.75 Å². The van der Waals surface area contributed by atoms with Gasteiger partial charge < -0.3 is 33.1 Å². The van der Waals surface area contributed by atoms with E-state index < -0.39 is 7.67 Å². The Morgan fingerprint density at radius 1 is 0.805 bits per heavy atom. The van der Waals surface area contributed by atoms with E-state index in [2.05, 4.69) is 0 Å². The van der Waals surface area contributed by atoms with Crippen molar-refractivity contribution in [3.8, 4) is 28.7 Å². The molecule has 0 radical (unpaired) electrons. The summed E-state index contributed by atoms with van der Waals surface area (Å²) in [5.41, 5.74) is 1.16. The Morgan fingerprint density at radius 3 is 1.85 bits per heavy atom. The summed E-state index contributed by atoms with van der Waals surface area (Å²) in [6.45, 7) is 2.00. The Morgan fingerprint density at radius 2 is 1.37 bits per heavy atom. The maximum atomic E-state index is 14.6. The molecule has 228 valence electrons. The summed E-state index contributed by atoms with van der Waals surface area (Å²) in [7, 11) is 4.03. The van der Waals surface area contributed by atoms with Crippen molar-refractivity contribution in [2.45, 2.75) is 6.61 Å². The molecular weight excluding hydrogens is 596 g/mol. The lowest BCUT2D eigenvalue weighted by atomic mass is 10.1. The average molecular weight is 634 g/mol. The Hall–Kier alpha value is -2.40. The van der Waals surface area contributed by atoms with Gasteiger partial charge in [-0.3, -0.25) is 9.36 Å². The van der Waals surface area contributed by atoms with Crippen LogP contribution in [0.1, 0.15) is 15.9 Å². The molecule has 3 rings (SSSR count). The Labute approximate surface area is 251 Å². The number of hydrogen-bond donors (Lipinski definition) is 0. The van der Waals surface area contributed by atoms with Crippen molar-refractivity contribution in [3.05, 3.63) is 41.5 Å². The summed E-state index contributed by atoms with van der Waals surface area (Å²) in [6.07, 6.45) is 0. The summed E-state index contributed by atoms with van der Waals surface area (Å²) in [4.78, 5) is 15.1. The van der Waals surface area contributed by atoms with E-state index in [1.54, 1.807) is 52.7 Å². The molecule has 1 saturated heterocycles. The van der Waals surface area contributed by atoms with E-state index in [1.807, 2.05) is 6.07 Å². The molecule has 0 N–H and O–H groups in total. The number of methoxy groups -OCH3 is 5. The van der Waals surface area contributed by atoms with E-state index in [9.17, 15) is 9.36 Å². The number of benzene rings is 2. The van der Waals surface area contributed by atoms with Crippen LogP contribution < -0.4 is 23.7 Å². The Balaban J connectivity index is 1.80. The molecular formula is C27H38Cl2N3O8P. The van der Waals surface area contributed by atoms with Crippen LogP contribution in [-0.2, 0) is 15.7 Å². The molecule has 11 nitrogen and oxygen atoms in total. The monoisotopic (exact) mass is 633 g/mol. The molecule has 0 saturated carbocycles. The van der Waals surface area contributed by atoms with Gasteiger partial charge in [0.15, 0.2) is 23.0 Å². The lowest BCUT2D eigenvalue weighted by Crippen LogP contribution is -2.49. The standard InChI is InChI=1S/C27H38Cl2N3O8P/c1-35-22-7-6-20(16-23(22)36-2)19-40-41(34,31(10-8-28)11-9-29)32-14-12-30(13-15-32)27(33)21-17-24(37-3)26(39-5)25(18-21)38-4/h6-7,16-18H,8-15,19H2,1-5H3. The fourth-order valence-electron chi connectivity index (χ4n) is 4.57. The van der Waals surface area contributed by atoms with Gasteiger partial charge in [-0.2, -0.15) is 0 Å². The van der Waals surface area contributed by atoms with Crippen LogP contribution in [0.4, 0.5) is 0 Å². The molecule has 1 aliphatic rings. The third-order valence-electron chi connectivity index (χ3n) is 6.70. The largest absolute Gasteiger partial charge is 0.493 e. The van der Waals surface area contributed by atoms with E-state index >= 15 is 0 Å². The second kappa shape index (κ2) is 15.7. The van der Waals surface area contributed by atoms with Gasteiger partial charge in [-0.1, -0.05) is 6.07 Å². The molecule has 1 fully saturated rings. The zero-order valence-corrected chi connectivity index (χ0v) is 26.5. The summed E-state index contributed by atoms with van der Waals surface area (Å²) in [5.74, 6) is 2.60. The van der Waals surface area contributed by atoms with Crippen molar-refractivity contribution >= 4 is 36.8 Å². The van der Waals surface area contributed by atoms with Gasteiger partial charge in [0, 0.05) is 56.6 Å². The number of carbonyl (C=O) groups excluding carboxylic acids is 1. The predicted octanol–water partition coefficient (Wildman–Crippen LogP) is 4.59. The smallest absolute Gasteiger partial charge is 0.346 e. The molecule has 0 aliphatic carbocycles. The maximum Gasteiger partial charge on any atom is 0.346 e. The first-order chi connectivity index (χ1) is 19.8. The second-order valence-corrected chi connectivity index (χ2v) is 12.1. The number of rotatable bonds is 15. The van der Waals surface area contributed by atoms with E-state index in [0.29, 0.717) is 73.6 Å². The van der Waals surface area contributed by atoms with Gasteiger partial charge in [-0.25, -0.2) is 9.34 Å². The van der Waals surface area contributed by atoms with Crippen LogP contribution in [-0.4, -0.2) is 107 Å². The number of hydrogen-bond acceptors (Lipinski definition) is 8. The van der Waals surface area contributed by atoms with Crippen LogP contribution in [0.2, 0.25) is 0 Å². The molecule has 41 heavy (non-hydrogen) atoms. The molecule has 2 aromatic rings. The first kappa shape index (κ1) is 33.1. The summed E-state index contributed by atoms with van der Waals surface area (Å²) >= 11 is 12.2. The van der Waals surface area contributed by atoms with Crippen molar-refractivity contribution in [1.82, 2.24) is 14.2 Å². The van der Waals surface area contributed by atoms with Crippen molar-refractivity contribution in [2.24, 2.45) is 0 Å². The topological polar surface area (TPSA) is 99.2 Å². The SMILES string of the molecule is COc1ccc(COP(=O)(N(CCCl)CCCl)N2CCN(C(=O)c3cc(OC)c(OC)c(OC)c3)CC2)cc1OC.